The highest BCUT2D eigenvalue weighted by atomic mass is 32.1. The lowest BCUT2D eigenvalue weighted by Crippen LogP contribution is -2.21. The van der Waals surface area contributed by atoms with E-state index in [2.05, 4.69) is 11.4 Å². The van der Waals surface area contributed by atoms with E-state index in [1.807, 2.05) is 13.8 Å². The normalized spacial score (nSPS) is 10.1. The SMILES string of the molecule is CCOC(=O)c1c(NC(=O)COc2ccc(CC#N)cc2)sc(C)c1CC. The van der Waals surface area contributed by atoms with E-state index in [-0.39, 0.29) is 19.1 Å². The van der Waals surface area contributed by atoms with Gasteiger partial charge in [-0.25, -0.2) is 4.79 Å². The van der Waals surface area contributed by atoms with Crippen LogP contribution in [0.5, 0.6) is 5.75 Å². The summed E-state index contributed by atoms with van der Waals surface area (Å²) in [6.07, 6.45) is 1.01. The number of carbonyl (C=O) groups excluding carboxylic acids is 2. The minimum absolute atomic E-state index is 0.182. The number of aryl methyl sites for hydroxylation is 1. The van der Waals surface area contributed by atoms with Gasteiger partial charge in [0.2, 0.25) is 0 Å². The lowest BCUT2D eigenvalue weighted by Gasteiger charge is -2.09. The molecule has 0 saturated heterocycles. The first-order valence-corrected chi connectivity index (χ1v) is 9.49. The average Bonchev–Trinajstić information content (AvgIpc) is 2.96. The van der Waals surface area contributed by atoms with Gasteiger partial charge in [0.25, 0.3) is 5.91 Å². The number of benzene rings is 1. The molecular formula is C20H22N2O4S. The Bertz CT molecular complexity index is 850. The van der Waals surface area contributed by atoms with Crippen molar-refractivity contribution in [2.45, 2.75) is 33.6 Å². The molecule has 1 N–H and O–H groups in total. The Balaban J connectivity index is 2.05. The fraction of sp³-hybridized carbons (Fsp3) is 0.350. The van der Waals surface area contributed by atoms with Gasteiger partial charge in [0.05, 0.1) is 24.7 Å². The maximum atomic E-state index is 12.3. The molecule has 0 saturated carbocycles. The highest BCUT2D eigenvalue weighted by Crippen LogP contribution is 2.34. The number of nitrogens with zero attached hydrogens (tertiary/aromatic N) is 1. The van der Waals surface area contributed by atoms with Crippen molar-refractivity contribution in [1.29, 1.82) is 5.26 Å². The summed E-state index contributed by atoms with van der Waals surface area (Å²) in [6, 6.07) is 9.07. The third-order valence-electron chi connectivity index (χ3n) is 3.87. The zero-order valence-electron chi connectivity index (χ0n) is 15.6. The molecule has 0 radical (unpaired) electrons. The Morgan fingerprint density at radius 2 is 1.93 bits per heavy atom. The number of hydrogen-bond donors (Lipinski definition) is 1. The average molecular weight is 386 g/mol. The molecule has 0 aliphatic carbocycles. The number of amides is 1. The van der Waals surface area contributed by atoms with Crippen LogP contribution in [-0.4, -0.2) is 25.1 Å². The second-order valence-corrected chi connectivity index (χ2v) is 6.96. The van der Waals surface area contributed by atoms with Crippen molar-refractivity contribution in [2.24, 2.45) is 0 Å². The zero-order chi connectivity index (χ0) is 19.8. The number of ether oxygens (including phenoxy) is 2. The molecule has 7 heteroatoms. The molecule has 1 aromatic carbocycles. The second kappa shape index (κ2) is 9.74. The molecular weight excluding hydrogens is 364 g/mol. The van der Waals surface area contributed by atoms with Gasteiger partial charge in [-0.15, -0.1) is 11.3 Å². The maximum absolute atomic E-state index is 12.3. The standard InChI is InChI=1S/C20H22N2O4S/c1-4-16-13(3)27-19(18(16)20(24)25-5-2)22-17(23)12-26-15-8-6-14(7-9-15)10-11-21/h6-9H,4-5,10,12H2,1-3H3,(H,22,23). The monoisotopic (exact) mass is 386 g/mol. The van der Waals surface area contributed by atoms with Gasteiger partial charge in [-0.1, -0.05) is 19.1 Å². The highest BCUT2D eigenvalue weighted by molar-refractivity contribution is 7.16. The van der Waals surface area contributed by atoms with Crippen molar-refractivity contribution in [1.82, 2.24) is 0 Å². The topological polar surface area (TPSA) is 88.4 Å². The van der Waals surface area contributed by atoms with E-state index < -0.39 is 5.97 Å². The molecule has 0 fully saturated rings. The minimum atomic E-state index is -0.428. The van der Waals surface area contributed by atoms with Gasteiger partial charge < -0.3 is 14.8 Å². The molecule has 142 valence electrons. The Labute approximate surface area is 162 Å². The van der Waals surface area contributed by atoms with Gasteiger partial charge >= 0.3 is 5.97 Å². The molecule has 0 aliphatic heterocycles. The number of nitriles is 1. The Hall–Kier alpha value is -2.85. The zero-order valence-corrected chi connectivity index (χ0v) is 16.4. The largest absolute Gasteiger partial charge is 0.484 e. The maximum Gasteiger partial charge on any atom is 0.341 e. The van der Waals surface area contributed by atoms with Crippen LogP contribution < -0.4 is 10.1 Å². The Kier molecular flexibility index (Phi) is 7.38. The molecule has 0 unspecified atom stereocenters. The van der Waals surface area contributed by atoms with E-state index >= 15 is 0 Å². The number of rotatable bonds is 8. The van der Waals surface area contributed by atoms with Gasteiger partial charge in [0.15, 0.2) is 6.61 Å². The first kappa shape index (κ1) is 20.5. The van der Waals surface area contributed by atoms with Gasteiger partial charge in [-0.3, -0.25) is 4.79 Å². The Morgan fingerprint density at radius 1 is 1.22 bits per heavy atom. The summed E-state index contributed by atoms with van der Waals surface area (Å²) in [5.74, 6) is -0.248. The molecule has 1 aromatic heterocycles. The van der Waals surface area contributed by atoms with Gasteiger partial charge in [0, 0.05) is 4.88 Å². The first-order valence-electron chi connectivity index (χ1n) is 8.68. The van der Waals surface area contributed by atoms with E-state index in [4.69, 9.17) is 14.7 Å². The van der Waals surface area contributed by atoms with Crippen LogP contribution in [-0.2, 0) is 22.4 Å². The summed E-state index contributed by atoms with van der Waals surface area (Å²) < 4.78 is 10.6. The number of hydrogen-bond acceptors (Lipinski definition) is 6. The van der Waals surface area contributed by atoms with Crippen LogP contribution in [0.2, 0.25) is 0 Å². The van der Waals surface area contributed by atoms with Crippen molar-refractivity contribution >= 4 is 28.2 Å². The third-order valence-corrected chi connectivity index (χ3v) is 4.93. The van der Waals surface area contributed by atoms with Crippen molar-refractivity contribution in [2.75, 3.05) is 18.5 Å². The molecule has 0 aliphatic rings. The fourth-order valence-corrected chi connectivity index (χ4v) is 3.77. The first-order chi connectivity index (χ1) is 13.0. The van der Waals surface area contributed by atoms with E-state index in [0.29, 0.717) is 29.2 Å². The van der Waals surface area contributed by atoms with Crippen LogP contribution in [0.25, 0.3) is 0 Å². The van der Waals surface area contributed by atoms with E-state index in [0.717, 1.165) is 16.0 Å². The summed E-state index contributed by atoms with van der Waals surface area (Å²) in [6.45, 7) is 5.72. The van der Waals surface area contributed by atoms with E-state index in [1.165, 1.54) is 11.3 Å². The number of carbonyl (C=O) groups is 2. The lowest BCUT2D eigenvalue weighted by atomic mass is 10.1. The van der Waals surface area contributed by atoms with Crippen molar-refractivity contribution in [3.8, 4) is 11.8 Å². The van der Waals surface area contributed by atoms with Crippen molar-refractivity contribution < 1.29 is 19.1 Å². The smallest absolute Gasteiger partial charge is 0.341 e. The fourth-order valence-electron chi connectivity index (χ4n) is 2.62. The van der Waals surface area contributed by atoms with Crippen molar-refractivity contribution in [3.05, 3.63) is 45.8 Å². The summed E-state index contributed by atoms with van der Waals surface area (Å²) in [4.78, 5) is 25.5. The van der Waals surface area contributed by atoms with Gasteiger partial charge in [-0.2, -0.15) is 5.26 Å². The number of thiophene rings is 1. The van der Waals surface area contributed by atoms with Gasteiger partial charge in [-0.05, 0) is 43.5 Å². The lowest BCUT2D eigenvalue weighted by molar-refractivity contribution is -0.118. The molecule has 2 rings (SSSR count). The molecule has 6 nitrogen and oxygen atoms in total. The quantitative estimate of drug-likeness (QED) is 0.696. The molecule has 1 heterocycles. The number of esters is 1. The molecule has 27 heavy (non-hydrogen) atoms. The second-order valence-electron chi connectivity index (χ2n) is 5.73. The highest BCUT2D eigenvalue weighted by Gasteiger charge is 2.23. The summed E-state index contributed by atoms with van der Waals surface area (Å²) in [7, 11) is 0. The summed E-state index contributed by atoms with van der Waals surface area (Å²) in [5, 5.41) is 11.9. The van der Waals surface area contributed by atoms with Gasteiger partial charge in [0.1, 0.15) is 10.8 Å². The van der Waals surface area contributed by atoms with Crippen LogP contribution >= 0.6 is 11.3 Å². The van der Waals surface area contributed by atoms with E-state index in [1.54, 1.807) is 31.2 Å². The summed E-state index contributed by atoms with van der Waals surface area (Å²) >= 11 is 1.36. The predicted octanol–water partition coefficient (Wildman–Crippen LogP) is 3.88. The molecule has 0 atom stereocenters. The Morgan fingerprint density at radius 3 is 2.52 bits per heavy atom. The third kappa shape index (κ3) is 5.31. The molecule has 0 spiro atoms. The van der Waals surface area contributed by atoms with Crippen LogP contribution in [0, 0.1) is 18.3 Å². The minimum Gasteiger partial charge on any atom is -0.484 e. The molecule has 0 bridgehead atoms. The van der Waals surface area contributed by atoms with Crippen LogP contribution in [0.4, 0.5) is 5.00 Å². The summed E-state index contributed by atoms with van der Waals surface area (Å²) in [5.41, 5.74) is 2.20. The van der Waals surface area contributed by atoms with Crippen LogP contribution in [0.1, 0.15) is 40.2 Å². The molecule has 1 amide bonds. The van der Waals surface area contributed by atoms with Crippen molar-refractivity contribution in [3.63, 3.8) is 0 Å². The van der Waals surface area contributed by atoms with E-state index in [9.17, 15) is 9.59 Å². The number of anilines is 1. The molecule has 2 aromatic rings. The predicted molar refractivity (Wildman–Crippen MR) is 104 cm³/mol. The number of nitrogens with one attached hydrogen (secondary N) is 1. The van der Waals surface area contributed by atoms with Crippen LogP contribution in [0.3, 0.4) is 0 Å². The van der Waals surface area contributed by atoms with Crippen LogP contribution in [0.15, 0.2) is 24.3 Å².